The molecule has 2 saturated heterocycles. The molecule has 2 aromatic rings. The molecule has 0 spiro atoms. The number of piperazine rings is 2. The van der Waals surface area contributed by atoms with Gasteiger partial charge in [0.2, 0.25) is 0 Å². The van der Waals surface area contributed by atoms with Gasteiger partial charge in [-0.15, -0.1) is 0 Å². The second-order valence-corrected chi connectivity index (χ2v) is 12.9. The fourth-order valence-electron chi connectivity index (χ4n) is 6.66. The van der Waals surface area contributed by atoms with E-state index in [1.807, 2.05) is 67.6 Å². The van der Waals surface area contributed by atoms with Crippen molar-refractivity contribution in [1.82, 2.24) is 19.6 Å². The van der Waals surface area contributed by atoms with Crippen molar-refractivity contribution < 1.29 is 37.1 Å². The van der Waals surface area contributed by atoms with Crippen molar-refractivity contribution in [3.8, 4) is 0 Å². The Hall–Kier alpha value is -3.97. The molecule has 10 nitrogen and oxygen atoms in total. The van der Waals surface area contributed by atoms with Crippen LogP contribution in [0.5, 0.6) is 0 Å². The summed E-state index contributed by atoms with van der Waals surface area (Å²) in [5.74, 6) is -3.94. The molecule has 2 aliphatic heterocycles. The Morgan fingerprint density at radius 1 is 0.702 bits per heavy atom. The molecule has 4 aliphatic rings. The molecule has 47 heavy (non-hydrogen) atoms. The number of primary amides is 1. The van der Waals surface area contributed by atoms with Crippen molar-refractivity contribution in [2.24, 2.45) is 5.73 Å². The number of amides is 3. The summed E-state index contributed by atoms with van der Waals surface area (Å²) in [6, 6.07) is 20.0. The number of esters is 1. The van der Waals surface area contributed by atoms with Gasteiger partial charge in [0.1, 0.15) is 0 Å². The van der Waals surface area contributed by atoms with Gasteiger partial charge in [-0.3, -0.25) is 24.2 Å². The van der Waals surface area contributed by atoms with Gasteiger partial charge >= 0.3 is 29.9 Å². The molecule has 0 aromatic heterocycles. The number of rotatable bonds is 5. The van der Waals surface area contributed by atoms with E-state index in [0.29, 0.717) is 25.2 Å². The van der Waals surface area contributed by atoms with E-state index in [1.54, 1.807) is 4.90 Å². The summed E-state index contributed by atoms with van der Waals surface area (Å²) in [6.07, 6.45) is 0.0127. The molecule has 3 amide bonds. The molecule has 2 heterocycles. The van der Waals surface area contributed by atoms with Gasteiger partial charge < -0.3 is 20.3 Å². The van der Waals surface area contributed by atoms with Crippen molar-refractivity contribution in [1.29, 1.82) is 0 Å². The summed E-state index contributed by atoms with van der Waals surface area (Å²) < 4.78 is 40.9. The maximum absolute atomic E-state index is 12.5. The van der Waals surface area contributed by atoms with Crippen molar-refractivity contribution in [3.05, 3.63) is 71.8 Å². The van der Waals surface area contributed by atoms with Gasteiger partial charge in [0.25, 0.3) is 0 Å². The lowest BCUT2D eigenvalue weighted by Gasteiger charge is -2.45. The number of carbonyl (C=O) groups excluding carboxylic acids is 4. The van der Waals surface area contributed by atoms with Crippen LogP contribution in [0.3, 0.4) is 0 Å². The topological polar surface area (TPSA) is 116 Å². The molecule has 4 fully saturated rings. The fourth-order valence-corrected chi connectivity index (χ4v) is 6.66. The average molecular weight is 658 g/mol. The molecule has 4 atom stereocenters. The van der Waals surface area contributed by atoms with Gasteiger partial charge in [0, 0.05) is 50.3 Å². The predicted octanol–water partition coefficient (Wildman–Crippen LogP) is 3.44. The minimum Gasteiger partial charge on any atom is -0.449 e. The standard InChI is InChI=1S/C18H21F3N2O3.C16H21N3O2/c1-12-9-23(16(24)17(25)26-11-18(19,20)21)15(10-22(12)14-7-8-14)13-5-3-2-4-6-13;1-11-9-19(16(21)15(17)20)14(10-18(11)13-7-8-13)12-5-3-2-4-6-12/h2-6,12,14-15H,7-11H2,1H3;2-6,11,13-14H,7-10H2,1H3,(H2,17,20)/t12-,15-;11-,14-/m11/s1. The first kappa shape index (κ1) is 34.4. The monoisotopic (exact) mass is 657 g/mol. The number of nitrogens with zero attached hydrogens (tertiary/aromatic N) is 4. The van der Waals surface area contributed by atoms with Crippen molar-refractivity contribution in [3.63, 3.8) is 0 Å². The number of hydrogen-bond donors (Lipinski definition) is 1. The van der Waals surface area contributed by atoms with Crippen LogP contribution in [0.4, 0.5) is 13.2 Å². The summed E-state index contributed by atoms with van der Waals surface area (Å²) >= 11 is 0. The van der Waals surface area contributed by atoms with Gasteiger partial charge in [-0.25, -0.2) is 4.79 Å². The molecular weight excluding hydrogens is 615 g/mol. The van der Waals surface area contributed by atoms with E-state index in [2.05, 4.69) is 21.5 Å². The van der Waals surface area contributed by atoms with E-state index in [9.17, 15) is 32.3 Å². The van der Waals surface area contributed by atoms with Crippen LogP contribution in [-0.2, 0) is 23.9 Å². The second kappa shape index (κ2) is 14.4. The third-order valence-electron chi connectivity index (χ3n) is 9.25. The van der Waals surface area contributed by atoms with E-state index in [-0.39, 0.29) is 30.7 Å². The molecular formula is C34H42F3N5O5. The first-order valence-corrected chi connectivity index (χ1v) is 16.1. The first-order valence-electron chi connectivity index (χ1n) is 16.1. The molecule has 0 radical (unpaired) electrons. The molecule has 0 bridgehead atoms. The minimum absolute atomic E-state index is 0.0295. The van der Waals surface area contributed by atoms with E-state index in [1.165, 1.54) is 17.7 Å². The van der Waals surface area contributed by atoms with Gasteiger partial charge in [-0.05, 0) is 50.7 Å². The number of nitrogens with two attached hydrogens (primary N) is 1. The van der Waals surface area contributed by atoms with Crippen molar-refractivity contribution in [2.75, 3.05) is 32.8 Å². The molecule has 2 aromatic carbocycles. The Bertz CT molecular complexity index is 1420. The summed E-state index contributed by atoms with van der Waals surface area (Å²) in [6.45, 7) is 4.46. The zero-order valence-corrected chi connectivity index (χ0v) is 26.6. The van der Waals surface area contributed by atoms with Crippen LogP contribution in [0.1, 0.15) is 62.7 Å². The maximum Gasteiger partial charge on any atom is 0.422 e. The normalized spacial score (nSPS) is 25.4. The largest absolute Gasteiger partial charge is 0.449 e. The molecule has 254 valence electrons. The van der Waals surface area contributed by atoms with Gasteiger partial charge in [-0.2, -0.15) is 13.2 Å². The fraction of sp³-hybridized carbons (Fsp3) is 0.529. The van der Waals surface area contributed by atoms with Crippen LogP contribution < -0.4 is 5.73 Å². The Labute approximate surface area is 272 Å². The Kier molecular flexibility index (Phi) is 10.5. The highest BCUT2D eigenvalue weighted by Gasteiger charge is 2.44. The van der Waals surface area contributed by atoms with Crippen LogP contribution in [0.15, 0.2) is 60.7 Å². The third kappa shape index (κ3) is 8.69. The zero-order chi connectivity index (χ0) is 33.9. The summed E-state index contributed by atoms with van der Waals surface area (Å²) in [7, 11) is 0. The zero-order valence-electron chi connectivity index (χ0n) is 26.6. The number of alkyl halides is 3. The highest BCUT2D eigenvalue weighted by molar-refractivity contribution is 6.34. The highest BCUT2D eigenvalue weighted by Crippen LogP contribution is 2.37. The van der Waals surface area contributed by atoms with Gasteiger partial charge in [0.15, 0.2) is 6.61 Å². The van der Waals surface area contributed by atoms with E-state index < -0.39 is 36.5 Å². The van der Waals surface area contributed by atoms with E-state index in [4.69, 9.17) is 5.73 Å². The van der Waals surface area contributed by atoms with Crippen molar-refractivity contribution in [2.45, 2.75) is 82.0 Å². The van der Waals surface area contributed by atoms with Crippen LogP contribution in [-0.4, -0.2) is 106 Å². The van der Waals surface area contributed by atoms with Crippen LogP contribution in [0, 0.1) is 0 Å². The molecule has 13 heteroatoms. The van der Waals surface area contributed by atoms with E-state index >= 15 is 0 Å². The summed E-state index contributed by atoms with van der Waals surface area (Å²) in [5, 5.41) is 0. The predicted molar refractivity (Wildman–Crippen MR) is 166 cm³/mol. The average Bonchev–Trinajstić information content (AvgIpc) is 3.98. The molecule has 2 N–H and O–H groups in total. The number of ether oxygens (including phenoxy) is 1. The molecule has 0 unspecified atom stereocenters. The lowest BCUT2D eigenvalue weighted by atomic mass is 9.99. The van der Waals surface area contributed by atoms with E-state index in [0.717, 1.165) is 30.5 Å². The maximum atomic E-state index is 12.5. The molecule has 2 saturated carbocycles. The van der Waals surface area contributed by atoms with Crippen LogP contribution >= 0.6 is 0 Å². The molecule has 6 rings (SSSR count). The first-order chi connectivity index (χ1) is 22.3. The lowest BCUT2D eigenvalue weighted by Crippen LogP contribution is -2.57. The number of hydrogen-bond acceptors (Lipinski definition) is 7. The summed E-state index contributed by atoms with van der Waals surface area (Å²) in [5.41, 5.74) is 7.12. The lowest BCUT2D eigenvalue weighted by molar-refractivity contribution is -0.190. The van der Waals surface area contributed by atoms with Crippen LogP contribution in [0.2, 0.25) is 0 Å². The SMILES string of the molecule is C[C@@H]1CN(C(=O)C(=O)OCC(F)(F)F)[C@@H](c2ccccc2)CN1C1CC1.C[C@@H]1CN(C(=O)C(N)=O)[C@@H](c2ccccc2)CN1C1CC1. The summed E-state index contributed by atoms with van der Waals surface area (Å²) in [4.78, 5) is 55.6. The highest BCUT2D eigenvalue weighted by atomic mass is 19.4. The minimum atomic E-state index is -4.66. The smallest absolute Gasteiger partial charge is 0.422 e. The Morgan fingerprint density at radius 2 is 1.11 bits per heavy atom. The molecule has 2 aliphatic carbocycles. The van der Waals surface area contributed by atoms with Gasteiger partial charge in [0.05, 0.1) is 12.1 Å². The Morgan fingerprint density at radius 3 is 1.47 bits per heavy atom. The number of halogens is 3. The second-order valence-electron chi connectivity index (χ2n) is 12.9. The van der Waals surface area contributed by atoms with Gasteiger partial charge in [-0.1, -0.05) is 60.7 Å². The number of benzene rings is 2. The third-order valence-corrected chi connectivity index (χ3v) is 9.25. The van der Waals surface area contributed by atoms with Crippen molar-refractivity contribution >= 4 is 23.7 Å². The number of carbonyl (C=O) groups is 4. The Balaban J connectivity index is 0.000000189. The van der Waals surface area contributed by atoms with Crippen LogP contribution in [0.25, 0.3) is 0 Å². The quantitative estimate of drug-likeness (QED) is 0.387.